The van der Waals surface area contributed by atoms with Crippen LogP contribution in [0.3, 0.4) is 0 Å². The molecule has 1 N–H and O–H groups in total. The Kier molecular flexibility index (Phi) is 6.37. The van der Waals surface area contributed by atoms with E-state index in [1.165, 1.54) is 14.2 Å². The van der Waals surface area contributed by atoms with Crippen LogP contribution in [0.1, 0.15) is 5.56 Å². The van der Waals surface area contributed by atoms with E-state index in [-0.39, 0.29) is 25.0 Å². The highest BCUT2D eigenvalue weighted by atomic mass is 16.7. The molecule has 1 aromatic carbocycles. The number of hydrogen-bond donors (Lipinski definition) is 1. The van der Waals surface area contributed by atoms with Crippen molar-refractivity contribution in [1.82, 2.24) is 15.1 Å². The molecule has 126 valence electrons. The van der Waals surface area contributed by atoms with Crippen molar-refractivity contribution in [1.29, 1.82) is 0 Å². The number of nitrogens with one attached hydrogen (secondary N) is 1. The fraction of sp³-hybridized carbons (Fsp3) is 0.500. The fourth-order valence-electron chi connectivity index (χ4n) is 2.42. The molecule has 1 aromatic rings. The zero-order valence-electron chi connectivity index (χ0n) is 13.5. The molecule has 0 aliphatic carbocycles. The van der Waals surface area contributed by atoms with Crippen LogP contribution in [-0.2, 0) is 20.8 Å². The first-order chi connectivity index (χ1) is 11.1. The summed E-state index contributed by atoms with van der Waals surface area (Å²) in [6, 6.07) is 9.70. The van der Waals surface area contributed by atoms with Crippen LogP contribution in [0.25, 0.3) is 0 Å². The van der Waals surface area contributed by atoms with Crippen molar-refractivity contribution in [2.24, 2.45) is 0 Å². The molecule has 0 aromatic heterocycles. The molecule has 7 heteroatoms. The second-order valence-electron chi connectivity index (χ2n) is 5.32. The number of hydrogen-bond acceptors (Lipinski definition) is 4. The third kappa shape index (κ3) is 4.94. The van der Waals surface area contributed by atoms with E-state index in [1.54, 1.807) is 9.80 Å². The van der Waals surface area contributed by atoms with Crippen LogP contribution in [0.5, 0.6) is 0 Å². The van der Waals surface area contributed by atoms with Crippen LogP contribution >= 0.6 is 0 Å². The van der Waals surface area contributed by atoms with Gasteiger partial charge in [-0.1, -0.05) is 30.3 Å². The second kappa shape index (κ2) is 8.50. The van der Waals surface area contributed by atoms with E-state index in [1.807, 2.05) is 30.3 Å². The summed E-state index contributed by atoms with van der Waals surface area (Å²) >= 11 is 0. The zero-order valence-corrected chi connectivity index (χ0v) is 13.5. The molecule has 1 heterocycles. The summed E-state index contributed by atoms with van der Waals surface area (Å²) in [6.45, 7) is 2.04. The largest absolute Gasteiger partial charge is 0.354 e. The van der Waals surface area contributed by atoms with Crippen molar-refractivity contribution in [3.8, 4) is 0 Å². The summed E-state index contributed by atoms with van der Waals surface area (Å²) in [5.74, 6) is -0.223. The van der Waals surface area contributed by atoms with Crippen LogP contribution in [0.4, 0.5) is 4.79 Å². The van der Waals surface area contributed by atoms with Gasteiger partial charge < -0.3 is 24.6 Å². The van der Waals surface area contributed by atoms with Crippen molar-refractivity contribution in [3.05, 3.63) is 35.9 Å². The lowest BCUT2D eigenvalue weighted by Gasteiger charge is -2.19. The van der Waals surface area contributed by atoms with Crippen molar-refractivity contribution in [3.63, 3.8) is 0 Å². The average molecular weight is 321 g/mol. The number of nitrogens with zero attached hydrogens (tertiary/aromatic N) is 2. The highest BCUT2D eigenvalue weighted by Gasteiger charge is 2.29. The Morgan fingerprint density at radius 2 is 1.83 bits per heavy atom. The van der Waals surface area contributed by atoms with Crippen molar-refractivity contribution in [2.45, 2.75) is 12.8 Å². The summed E-state index contributed by atoms with van der Waals surface area (Å²) in [6.07, 6.45) is -0.484. The molecule has 0 bridgehead atoms. The average Bonchev–Trinajstić information content (AvgIpc) is 2.90. The Hall–Kier alpha value is -2.12. The van der Waals surface area contributed by atoms with Crippen LogP contribution < -0.4 is 5.32 Å². The van der Waals surface area contributed by atoms with Crippen LogP contribution in [0, 0.1) is 0 Å². The quantitative estimate of drug-likeness (QED) is 0.714. The summed E-state index contributed by atoms with van der Waals surface area (Å²) in [4.78, 5) is 27.5. The molecule has 2 rings (SSSR count). The van der Waals surface area contributed by atoms with Gasteiger partial charge in [0, 0.05) is 33.9 Å². The van der Waals surface area contributed by atoms with Crippen LogP contribution in [-0.4, -0.2) is 68.4 Å². The summed E-state index contributed by atoms with van der Waals surface area (Å²) in [5.41, 5.74) is 1.08. The number of rotatable bonds is 8. The molecule has 0 atom stereocenters. The summed E-state index contributed by atoms with van der Waals surface area (Å²) in [5, 5.41) is 2.70. The second-order valence-corrected chi connectivity index (χ2v) is 5.32. The lowest BCUT2D eigenvalue weighted by atomic mass is 10.2. The number of carbonyl (C=O) groups excluding carboxylic acids is 2. The standard InChI is InChI=1S/C16H23N3O4/c1-22-15(23-2)10-17-14(20)12-19-9-8-18(16(19)21)11-13-6-4-3-5-7-13/h3-7,15H,8-12H2,1-2H3,(H,17,20). The normalized spacial score (nSPS) is 14.7. The Morgan fingerprint density at radius 3 is 2.48 bits per heavy atom. The van der Waals surface area contributed by atoms with E-state index in [0.29, 0.717) is 19.6 Å². The molecule has 1 fully saturated rings. The number of benzene rings is 1. The van der Waals surface area contributed by atoms with E-state index in [0.717, 1.165) is 5.56 Å². The molecule has 7 nitrogen and oxygen atoms in total. The van der Waals surface area contributed by atoms with Gasteiger partial charge in [0.1, 0.15) is 6.54 Å². The van der Waals surface area contributed by atoms with Crippen LogP contribution in [0.2, 0.25) is 0 Å². The first-order valence-corrected chi connectivity index (χ1v) is 7.54. The van der Waals surface area contributed by atoms with Gasteiger partial charge in [0.15, 0.2) is 6.29 Å². The Bertz CT molecular complexity index is 519. The van der Waals surface area contributed by atoms with Gasteiger partial charge in [-0.15, -0.1) is 0 Å². The highest BCUT2D eigenvalue weighted by molar-refractivity contribution is 5.85. The molecule has 0 spiro atoms. The predicted octanol–water partition coefficient (Wildman–Crippen LogP) is 0.659. The minimum absolute atomic E-state index is 0.0459. The highest BCUT2D eigenvalue weighted by Crippen LogP contribution is 2.12. The fourth-order valence-corrected chi connectivity index (χ4v) is 2.42. The zero-order chi connectivity index (χ0) is 16.7. The summed E-state index contributed by atoms with van der Waals surface area (Å²) in [7, 11) is 3.01. The first kappa shape index (κ1) is 17.2. The molecule has 23 heavy (non-hydrogen) atoms. The van der Waals surface area contributed by atoms with Gasteiger partial charge in [-0.25, -0.2) is 4.79 Å². The SMILES string of the molecule is COC(CNC(=O)CN1CCN(Cc2ccccc2)C1=O)OC. The van der Waals surface area contributed by atoms with E-state index >= 15 is 0 Å². The van der Waals surface area contributed by atoms with Gasteiger partial charge in [-0.3, -0.25) is 4.79 Å². The molecule has 0 saturated carbocycles. The summed E-state index contributed by atoms with van der Waals surface area (Å²) < 4.78 is 10.00. The minimum atomic E-state index is -0.484. The lowest BCUT2D eigenvalue weighted by molar-refractivity contribution is -0.127. The van der Waals surface area contributed by atoms with Crippen molar-refractivity contribution < 1.29 is 19.1 Å². The van der Waals surface area contributed by atoms with Gasteiger partial charge >= 0.3 is 6.03 Å². The number of amides is 3. The predicted molar refractivity (Wildman–Crippen MR) is 84.6 cm³/mol. The van der Waals surface area contributed by atoms with Gasteiger partial charge in [0.25, 0.3) is 0 Å². The van der Waals surface area contributed by atoms with E-state index in [2.05, 4.69) is 5.32 Å². The van der Waals surface area contributed by atoms with Crippen LogP contribution in [0.15, 0.2) is 30.3 Å². The van der Waals surface area contributed by atoms with Gasteiger partial charge in [-0.2, -0.15) is 0 Å². The third-order valence-corrected chi connectivity index (χ3v) is 3.72. The molecule has 1 saturated heterocycles. The van der Waals surface area contributed by atoms with E-state index < -0.39 is 6.29 Å². The maximum Gasteiger partial charge on any atom is 0.320 e. The van der Waals surface area contributed by atoms with Gasteiger partial charge in [0.2, 0.25) is 5.91 Å². The maximum absolute atomic E-state index is 12.3. The Labute approximate surface area is 136 Å². The molecule has 1 aliphatic heterocycles. The number of ether oxygens (including phenoxy) is 2. The Morgan fingerprint density at radius 1 is 1.17 bits per heavy atom. The number of methoxy groups -OCH3 is 2. The Balaban J connectivity index is 1.79. The lowest BCUT2D eigenvalue weighted by Crippen LogP contribution is -2.42. The third-order valence-electron chi connectivity index (χ3n) is 3.72. The van der Waals surface area contributed by atoms with E-state index in [9.17, 15) is 9.59 Å². The van der Waals surface area contributed by atoms with E-state index in [4.69, 9.17) is 9.47 Å². The van der Waals surface area contributed by atoms with Gasteiger partial charge in [-0.05, 0) is 5.56 Å². The molecule has 1 aliphatic rings. The minimum Gasteiger partial charge on any atom is -0.354 e. The molecular formula is C16H23N3O4. The molecule has 0 unspecified atom stereocenters. The number of carbonyl (C=O) groups is 2. The molecular weight excluding hydrogens is 298 g/mol. The first-order valence-electron chi connectivity index (χ1n) is 7.54. The topological polar surface area (TPSA) is 71.1 Å². The molecule has 0 radical (unpaired) electrons. The van der Waals surface area contributed by atoms with Crippen molar-refractivity contribution in [2.75, 3.05) is 40.4 Å². The number of urea groups is 1. The monoisotopic (exact) mass is 321 g/mol. The van der Waals surface area contributed by atoms with Crippen molar-refractivity contribution >= 4 is 11.9 Å². The smallest absolute Gasteiger partial charge is 0.320 e. The molecule has 3 amide bonds. The van der Waals surface area contributed by atoms with Gasteiger partial charge in [0.05, 0.1) is 6.54 Å². The maximum atomic E-state index is 12.3.